The van der Waals surface area contributed by atoms with Gasteiger partial charge in [0, 0.05) is 18.0 Å². The van der Waals surface area contributed by atoms with Crippen molar-refractivity contribution in [1.82, 2.24) is 9.97 Å². The van der Waals surface area contributed by atoms with Crippen molar-refractivity contribution in [2.75, 3.05) is 4.90 Å². The molecular weight excluding hydrogens is 346 g/mol. The Kier molecular flexibility index (Phi) is 3.91. The molecule has 28 heavy (non-hydrogen) atoms. The molecule has 2 aromatic heterocycles. The van der Waals surface area contributed by atoms with Crippen molar-refractivity contribution in [3.63, 3.8) is 0 Å². The third-order valence-corrected chi connectivity index (χ3v) is 4.67. The van der Waals surface area contributed by atoms with Crippen molar-refractivity contribution in [2.45, 2.75) is 6.92 Å². The number of hydrogen-bond acceptors (Lipinski definition) is 5. The fourth-order valence-electron chi connectivity index (χ4n) is 3.40. The average molecular weight is 363 g/mol. The monoisotopic (exact) mass is 363 g/mol. The summed E-state index contributed by atoms with van der Waals surface area (Å²) in [5, 5.41) is 8.88. The molecule has 0 radical (unpaired) electrons. The number of rotatable bonds is 2. The van der Waals surface area contributed by atoms with Gasteiger partial charge >= 0.3 is 0 Å². The molecule has 2 aromatic carbocycles. The smallest absolute Gasteiger partial charge is 0.166 e. The number of para-hydroxylation sites is 1. The molecule has 1 aliphatic rings. The molecule has 0 saturated heterocycles. The minimum absolute atomic E-state index is 0.709. The van der Waals surface area contributed by atoms with Crippen LogP contribution in [0.2, 0.25) is 0 Å². The highest BCUT2D eigenvalue weighted by Gasteiger charge is 2.26. The van der Waals surface area contributed by atoms with Crippen LogP contribution in [0.1, 0.15) is 5.56 Å². The standard InChI is InChI=1S/C23H17N5/c1-16-14-20-23(25-15-16)28(22-19(26-27-20)11-7-13-24-22)21-12-6-5-10-18(21)17-8-3-2-4-9-17/h2-15H,1H3. The van der Waals surface area contributed by atoms with Gasteiger partial charge in [-0.1, -0.05) is 48.5 Å². The van der Waals surface area contributed by atoms with Crippen LogP contribution >= 0.6 is 0 Å². The van der Waals surface area contributed by atoms with Gasteiger partial charge in [-0.25, -0.2) is 9.97 Å². The second-order valence-corrected chi connectivity index (χ2v) is 6.62. The Morgan fingerprint density at radius 3 is 2.36 bits per heavy atom. The largest absolute Gasteiger partial charge is 0.275 e. The van der Waals surface area contributed by atoms with Crippen molar-refractivity contribution >= 4 is 28.7 Å². The maximum absolute atomic E-state index is 4.70. The zero-order valence-corrected chi connectivity index (χ0v) is 15.3. The Morgan fingerprint density at radius 1 is 0.714 bits per heavy atom. The fourth-order valence-corrected chi connectivity index (χ4v) is 3.40. The molecule has 0 saturated carbocycles. The number of nitrogens with zero attached hydrogens (tertiary/aromatic N) is 5. The highest BCUT2D eigenvalue weighted by atomic mass is 15.3. The Labute approximate surface area is 163 Å². The molecule has 0 fully saturated rings. The number of hydrogen-bond donors (Lipinski definition) is 0. The zero-order valence-electron chi connectivity index (χ0n) is 15.3. The van der Waals surface area contributed by atoms with E-state index in [4.69, 9.17) is 4.98 Å². The molecule has 0 N–H and O–H groups in total. The summed E-state index contributed by atoms with van der Waals surface area (Å²) < 4.78 is 0. The first-order valence-electron chi connectivity index (χ1n) is 9.09. The highest BCUT2D eigenvalue weighted by molar-refractivity contribution is 5.91. The molecule has 1 aliphatic heterocycles. The summed E-state index contributed by atoms with van der Waals surface area (Å²) in [4.78, 5) is 11.4. The quantitative estimate of drug-likeness (QED) is 0.353. The number of aryl methyl sites for hydroxylation is 1. The van der Waals surface area contributed by atoms with Crippen molar-refractivity contribution in [2.24, 2.45) is 10.2 Å². The number of benzene rings is 2. The minimum atomic E-state index is 0.709. The Morgan fingerprint density at radius 2 is 1.46 bits per heavy atom. The highest BCUT2D eigenvalue weighted by Crippen LogP contribution is 2.47. The summed E-state index contributed by atoms with van der Waals surface area (Å²) in [5.74, 6) is 1.43. The van der Waals surface area contributed by atoms with Crippen LogP contribution in [0.3, 0.4) is 0 Å². The van der Waals surface area contributed by atoms with Crippen LogP contribution < -0.4 is 4.90 Å². The normalized spacial score (nSPS) is 12.2. The predicted octanol–water partition coefficient (Wildman–Crippen LogP) is 6.65. The molecule has 3 heterocycles. The number of anilines is 3. The maximum Gasteiger partial charge on any atom is 0.166 e. The van der Waals surface area contributed by atoms with Crippen LogP contribution in [-0.4, -0.2) is 9.97 Å². The van der Waals surface area contributed by atoms with E-state index in [0.717, 1.165) is 33.9 Å². The lowest BCUT2D eigenvalue weighted by atomic mass is 10.0. The number of aromatic nitrogens is 2. The summed E-state index contributed by atoms with van der Waals surface area (Å²) in [5.41, 5.74) is 5.67. The van der Waals surface area contributed by atoms with Gasteiger partial charge in [-0.15, -0.1) is 10.2 Å². The van der Waals surface area contributed by atoms with Gasteiger partial charge in [-0.2, -0.15) is 0 Å². The first-order valence-corrected chi connectivity index (χ1v) is 9.09. The SMILES string of the molecule is Cc1cnc2c(c1)N=Nc1cccnc1N2c1ccccc1-c1ccccc1. The first-order chi connectivity index (χ1) is 13.8. The van der Waals surface area contributed by atoms with Crippen LogP contribution in [0, 0.1) is 6.92 Å². The van der Waals surface area contributed by atoms with Crippen molar-refractivity contribution in [3.05, 3.63) is 90.8 Å². The molecule has 0 unspecified atom stereocenters. The zero-order chi connectivity index (χ0) is 18.9. The van der Waals surface area contributed by atoms with E-state index < -0.39 is 0 Å². The number of pyridine rings is 2. The molecule has 0 spiro atoms. The third-order valence-electron chi connectivity index (χ3n) is 4.67. The maximum atomic E-state index is 4.70. The van der Waals surface area contributed by atoms with E-state index in [1.807, 2.05) is 66.6 Å². The average Bonchev–Trinajstić information content (AvgIpc) is 2.91. The lowest BCUT2D eigenvalue weighted by Crippen LogP contribution is -2.14. The van der Waals surface area contributed by atoms with Gasteiger partial charge in [0.25, 0.3) is 0 Å². The van der Waals surface area contributed by atoms with Gasteiger partial charge in [0.1, 0.15) is 11.4 Å². The van der Waals surface area contributed by atoms with Crippen LogP contribution in [0.5, 0.6) is 0 Å². The summed E-state index contributed by atoms with van der Waals surface area (Å²) >= 11 is 0. The summed E-state index contributed by atoms with van der Waals surface area (Å²) in [6.45, 7) is 2.00. The van der Waals surface area contributed by atoms with E-state index in [-0.39, 0.29) is 0 Å². The molecule has 0 atom stereocenters. The molecule has 0 bridgehead atoms. The molecular formula is C23H17N5. The summed E-state index contributed by atoms with van der Waals surface area (Å²) in [6.07, 6.45) is 3.62. The van der Waals surface area contributed by atoms with Crippen LogP contribution in [0.4, 0.5) is 28.7 Å². The predicted molar refractivity (Wildman–Crippen MR) is 111 cm³/mol. The second-order valence-electron chi connectivity index (χ2n) is 6.62. The molecule has 5 nitrogen and oxygen atoms in total. The van der Waals surface area contributed by atoms with Gasteiger partial charge < -0.3 is 0 Å². The topological polar surface area (TPSA) is 53.7 Å². The van der Waals surface area contributed by atoms with E-state index in [1.165, 1.54) is 0 Å². The van der Waals surface area contributed by atoms with Gasteiger partial charge in [0.2, 0.25) is 0 Å². The Hall–Kier alpha value is -3.86. The molecule has 0 aliphatic carbocycles. The van der Waals surface area contributed by atoms with Crippen molar-refractivity contribution in [3.8, 4) is 11.1 Å². The summed E-state index contributed by atoms with van der Waals surface area (Å²) in [7, 11) is 0. The number of azo groups is 1. The molecule has 5 rings (SSSR count). The number of fused-ring (bicyclic) bond motifs is 2. The lowest BCUT2D eigenvalue weighted by Gasteiger charge is -2.26. The minimum Gasteiger partial charge on any atom is -0.275 e. The summed E-state index contributed by atoms with van der Waals surface area (Å²) in [6, 6.07) is 24.4. The second kappa shape index (κ2) is 6.70. The molecule has 134 valence electrons. The first kappa shape index (κ1) is 16.3. The Bertz CT molecular complexity index is 1180. The van der Waals surface area contributed by atoms with Crippen molar-refractivity contribution < 1.29 is 0 Å². The van der Waals surface area contributed by atoms with E-state index in [1.54, 1.807) is 6.20 Å². The van der Waals surface area contributed by atoms with Gasteiger partial charge in [-0.3, -0.25) is 4.90 Å². The van der Waals surface area contributed by atoms with E-state index >= 15 is 0 Å². The van der Waals surface area contributed by atoms with E-state index in [9.17, 15) is 0 Å². The lowest BCUT2D eigenvalue weighted by molar-refractivity contribution is 1.13. The van der Waals surface area contributed by atoms with Crippen LogP contribution in [0.25, 0.3) is 11.1 Å². The van der Waals surface area contributed by atoms with Gasteiger partial charge in [0.15, 0.2) is 11.6 Å². The molecule has 4 aromatic rings. The van der Waals surface area contributed by atoms with E-state index in [2.05, 4.69) is 39.5 Å². The van der Waals surface area contributed by atoms with E-state index in [0.29, 0.717) is 11.5 Å². The van der Waals surface area contributed by atoms with Crippen molar-refractivity contribution in [1.29, 1.82) is 0 Å². The molecule has 5 heteroatoms. The fraction of sp³-hybridized carbons (Fsp3) is 0.0435. The van der Waals surface area contributed by atoms with Gasteiger partial charge in [-0.05, 0) is 42.3 Å². The van der Waals surface area contributed by atoms with Gasteiger partial charge in [0.05, 0.1) is 5.69 Å². The Balaban J connectivity index is 1.81. The third kappa shape index (κ3) is 2.74. The van der Waals surface area contributed by atoms with Crippen LogP contribution in [-0.2, 0) is 0 Å². The molecule has 0 amide bonds. The van der Waals surface area contributed by atoms with Crippen LogP contribution in [0.15, 0.2) is 95.4 Å².